The van der Waals surface area contributed by atoms with Crippen molar-refractivity contribution in [3.8, 4) is 12.3 Å². The Morgan fingerprint density at radius 2 is 2.04 bits per heavy atom. The Bertz CT molecular complexity index is 758. The zero-order chi connectivity index (χ0) is 19.5. The van der Waals surface area contributed by atoms with Crippen molar-refractivity contribution < 1.29 is 4.79 Å². The van der Waals surface area contributed by atoms with E-state index in [0.29, 0.717) is 6.54 Å². The second-order valence-corrected chi connectivity index (χ2v) is 7.60. The van der Waals surface area contributed by atoms with E-state index in [1.165, 1.54) is 11.1 Å². The molecule has 0 aliphatic heterocycles. The molecular weight excluding hydrogens is 354 g/mol. The minimum Gasteiger partial charge on any atom is -0.344 e. The predicted molar refractivity (Wildman–Crippen MR) is 113 cm³/mol. The number of aryl methyl sites for hydroxylation is 1. The Hall–Kier alpha value is -2.29. The molecule has 1 atom stereocenters. The van der Waals surface area contributed by atoms with Crippen LogP contribution in [0.4, 0.5) is 0 Å². The van der Waals surface area contributed by atoms with Gasteiger partial charge in [0.1, 0.15) is 5.25 Å². The molecule has 27 heavy (non-hydrogen) atoms. The Morgan fingerprint density at radius 1 is 1.30 bits per heavy atom. The van der Waals surface area contributed by atoms with Gasteiger partial charge >= 0.3 is 0 Å². The van der Waals surface area contributed by atoms with Crippen molar-refractivity contribution >= 4 is 17.7 Å². The van der Waals surface area contributed by atoms with Crippen molar-refractivity contribution in [2.75, 3.05) is 26.7 Å². The Kier molecular flexibility index (Phi) is 8.90. The predicted octanol–water partition coefficient (Wildman–Crippen LogP) is 3.03. The summed E-state index contributed by atoms with van der Waals surface area (Å²) < 4.78 is 0. The molecule has 1 amide bonds. The summed E-state index contributed by atoms with van der Waals surface area (Å²) in [6.07, 6.45) is 10.8. The number of nitrogens with zero attached hydrogens (tertiary/aromatic N) is 2. The summed E-state index contributed by atoms with van der Waals surface area (Å²) in [5, 5.41) is 2.62. The molecule has 1 aromatic carbocycles. The third kappa shape index (κ3) is 7.09. The minimum absolute atomic E-state index is 0.0142. The van der Waals surface area contributed by atoms with E-state index in [4.69, 9.17) is 6.42 Å². The van der Waals surface area contributed by atoms with Gasteiger partial charge in [-0.25, -0.2) is 0 Å². The lowest BCUT2D eigenvalue weighted by Gasteiger charge is -2.24. The molecule has 0 aliphatic rings. The molecule has 0 saturated heterocycles. The van der Waals surface area contributed by atoms with E-state index in [2.05, 4.69) is 47.2 Å². The topological polar surface area (TPSA) is 45.2 Å². The van der Waals surface area contributed by atoms with Gasteiger partial charge in [-0.15, -0.1) is 18.2 Å². The number of pyridine rings is 1. The van der Waals surface area contributed by atoms with Gasteiger partial charge in [-0.05, 0) is 49.2 Å². The van der Waals surface area contributed by atoms with E-state index in [0.717, 1.165) is 24.3 Å². The molecule has 2 aromatic rings. The smallest absolute Gasteiger partial charge is 0.235 e. The number of terminal acetylenes is 1. The lowest BCUT2D eigenvalue weighted by Crippen LogP contribution is -2.40. The summed E-state index contributed by atoms with van der Waals surface area (Å²) in [5.74, 6) is 2.46. The normalized spacial score (nSPS) is 11.8. The number of thioether (sulfide) groups is 1. The molecule has 0 bridgehead atoms. The zero-order valence-electron chi connectivity index (χ0n) is 16.0. The molecule has 0 aliphatic carbocycles. The third-order valence-corrected chi connectivity index (χ3v) is 5.59. The number of likely N-dealkylation sites (N-methyl/N-ethyl adjacent to an activating group) is 1. The van der Waals surface area contributed by atoms with Gasteiger partial charge in [-0.1, -0.05) is 31.0 Å². The van der Waals surface area contributed by atoms with Crippen molar-refractivity contribution in [2.24, 2.45) is 0 Å². The summed E-state index contributed by atoms with van der Waals surface area (Å²) in [6.45, 7) is 3.92. The summed E-state index contributed by atoms with van der Waals surface area (Å²) in [4.78, 5) is 20.1. The second kappa shape index (κ2) is 11.4. The molecule has 0 fully saturated rings. The number of rotatable bonds is 10. The Balaban J connectivity index is 2.02. The molecule has 0 radical (unpaired) electrons. The molecule has 5 heteroatoms. The van der Waals surface area contributed by atoms with Crippen molar-refractivity contribution in [2.45, 2.75) is 29.9 Å². The standard InChI is InChI=1S/C22H27N3OS/c1-4-13-24-22(26)21(27-20-9-7-6-8-19(20)5-2)17-25(3)16-12-18-10-14-23-15-11-18/h1,6-11,14-15,21H,5,12-13,16-17H2,2-3H3,(H,24,26). The average Bonchev–Trinajstić information content (AvgIpc) is 2.71. The summed E-state index contributed by atoms with van der Waals surface area (Å²) in [6, 6.07) is 12.3. The largest absolute Gasteiger partial charge is 0.344 e. The van der Waals surface area contributed by atoms with Crippen molar-refractivity contribution in [1.29, 1.82) is 0 Å². The lowest BCUT2D eigenvalue weighted by atomic mass is 10.2. The molecule has 142 valence electrons. The van der Waals surface area contributed by atoms with Crippen LogP contribution in [0.3, 0.4) is 0 Å². The summed E-state index contributed by atoms with van der Waals surface area (Å²) in [5.41, 5.74) is 2.51. The maximum atomic E-state index is 12.7. The van der Waals surface area contributed by atoms with Crippen LogP contribution in [0.5, 0.6) is 0 Å². The zero-order valence-corrected chi connectivity index (χ0v) is 16.8. The molecule has 0 spiro atoms. The first-order valence-electron chi connectivity index (χ1n) is 9.17. The van der Waals surface area contributed by atoms with Gasteiger partial charge in [0.05, 0.1) is 6.54 Å². The quantitative estimate of drug-likeness (QED) is 0.508. The van der Waals surface area contributed by atoms with Crippen molar-refractivity contribution in [3.63, 3.8) is 0 Å². The minimum atomic E-state index is -0.214. The number of carbonyl (C=O) groups is 1. The molecule has 2 rings (SSSR count). The van der Waals surface area contributed by atoms with E-state index in [9.17, 15) is 4.79 Å². The fraction of sp³-hybridized carbons (Fsp3) is 0.364. The van der Waals surface area contributed by atoms with Crippen LogP contribution in [0.2, 0.25) is 0 Å². The van der Waals surface area contributed by atoms with Gasteiger partial charge in [-0.2, -0.15) is 0 Å². The highest BCUT2D eigenvalue weighted by Gasteiger charge is 2.22. The summed E-state index contributed by atoms with van der Waals surface area (Å²) in [7, 11) is 2.05. The monoisotopic (exact) mass is 381 g/mol. The maximum absolute atomic E-state index is 12.7. The molecule has 4 nitrogen and oxygen atoms in total. The van der Waals surface area contributed by atoms with Crippen molar-refractivity contribution in [1.82, 2.24) is 15.2 Å². The molecule has 1 N–H and O–H groups in total. The second-order valence-electron chi connectivity index (χ2n) is 6.36. The van der Waals surface area contributed by atoms with Gasteiger partial charge in [0.2, 0.25) is 5.91 Å². The number of amides is 1. The first-order chi connectivity index (χ1) is 13.1. The van der Waals surface area contributed by atoms with E-state index in [1.807, 2.05) is 36.7 Å². The SMILES string of the molecule is C#CCNC(=O)C(CN(C)CCc1ccncc1)Sc1ccccc1CC. The molecular formula is C22H27N3OS. The van der Waals surface area contributed by atoms with Gasteiger partial charge < -0.3 is 10.2 Å². The highest BCUT2D eigenvalue weighted by Crippen LogP contribution is 2.28. The van der Waals surface area contributed by atoms with Crippen LogP contribution in [0.25, 0.3) is 0 Å². The highest BCUT2D eigenvalue weighted by atomic mass is 32.2. The van der Waals surface area contributed by atoms with Crippen LogP contribution < -0.4 is 5.32 Å². The fourth-order valence-corrected chi connectivity index (χ4v) is 4.08. The Morgan fingerprint density at radius 3 is 2.74 bits per heavy atom. The molecule has 1 aromatic heterocycles. The first-order valence-corrected chi connectivity index (χ1v) is 10.0. The van der Waals surface area contributed by atoms with Gasteiger partial charge in [0.15, 0.2) is 0 Å². The van der Waals surface area contributed by atoms with Crippen LogP contribution in [-0.2, 0) is 17.6 Å². The van der Waals surface area contributed by atoms with E-state index >= 15 is 0 Å². The van der Waals surface area contributed by atoms with Crippen molar-refractivity contribution in [3.05, 3.63) is 59.9 Å². The summed E-state index contributed by atoms with van der Waals surface area (Å²) >= 11 is 1.62. The number of benzene rings is 1. The van der Waals surface area contributed by atoms with E-state index < -0.39 is 0 Å². The van der Waals surface area contributed by atoms with Gasteiger partial charge in [0.25, 0.3) is 0 Å². The molecule has 1 heterocycles. The van der Waals surface area contributed by atoms with E-state index in [-0.39, 0.29) is 17.7 Å². The number of hydrogen-bond acceptors (Lipinski definition) is 4. The van der Waals surface area contributed by atoms with Crippen LogP contribution in [0.15, 0.2) is 53.7 Å². The molecule has 0 saturated carbocycles. The van der Waals surface area contributed by atoms with Gasteiger partial charge in [-0.3, -0.25) is 9.78 Å². The average molecular weight is 382 g/mol. The van der Waals surface area contributed by atoms with Crippen LogP contribution in [0, 0.1) is 12.3 Å². The van der Waals surface area contributed by atoms with E-state index in [1.54, 1.807) is 11.8 Å². The number of hydrogen-bond donors (Lipinski definition) is 1. The number of nitrogens with one attached hydrogen (secondary N) is 1. The first kappa shape index (κ1) is 21.0. The van der Waals surface area contributed by atoms with Crippen LogP contribution in [0.1, 0.15) is 18.1 Å². The number of aromatic nitrogens is 1. The van der Waals surface area contributed by atoms with Crippen LogP contribution in [-0.4, -0.2) is 47.7 Å². The van der Waals surface area contributed by atoms with Gasteiger partial charge in [0, 0.05) is 30.4 Å². The molecule has 1 unspecified atom stereocenters. The highest BCUT2D eigenvalue weighted by molar-refractivity contribution is 8.00. The van der Waals surface area contributed by atoms with Crippen LogP contribution >= 0.6 is 11.8 Å². The third-order valence-electron chi connectivity index (χ3n) is 4.29. The number of carbonyl (C=O) groups excluding carboxylic acids is 1. The maximum Gasteiger partial charge on any atom is 0.235 e. The lowest BCUT2D eigenvalue weighted by molar-refractivity contribution is -0.120. The Labute approximate surface area is 166 Å². The fourth-order valence-electron chi connectivity index (χ4n) is 2.73.